The van der Waals surface area contributed by atoms with E-state index in [0.29, 0.717) is 27.9 Å². The fraction of sp³-hybridized carbons (Fsp3) is 0.111. The van der Waals surface area contributed by atoms with Crippen LogP contribution in [0.25, 0.3) is 22.6 Å². The minimum Gasteiger partial charge on any atom is -0.362 e. The second-order valence-electron chi connectivity index (χ2n) is 5.34. The molecule has 6 heteroatoms. The number of benzene rings is 1. The van der Waals surface area contributed by atoms with Crippen LogP contribution in [-0.4, -0.2) is 29.0 Å². The standard InChI is InChI=1S/C18H14ClN5/c1-24(2)18-15(11-20)16(12-3-5-14(19)6-4-12)22-17(23-18)13-7-9-21-10-8-13/h3-10H,1-2H3. The van der Waals surface area contributed by atoms with E-state index in [9.17, 15) is 5.26 Å². The Morgan fingerprint density at radius 1 is 0.958 bits per heavy atom. The van der Waals surface area contributed by atoms with Crippen LogP contribution in [0.3, 0.4) is 0 Å². The highest BCUT2D eigenvalue weighted by molar-refractivity contribution is 6.30. The van der Waals surface area contributed by atoms with E-state index in [1.54, 1.807) is 24.5 Å². The van der Waals surface area contributed by atoms with Crippen molar-refractivity contribution in [1.29, 1.82) is 5.26 Å². The van der Waals surface area contributed by atoms with Crippen LogP contribution in [0.1, 0.15) is 5.56 Å². The highest BCUT2D eigenvalue weighted by atomic mass is 35.5. The third-order valence-electron chi connectivity index (χ3n) is 3.48. The Morgan fingerprint density at radius 3 is 2.21 bits per heavy atom. The SMILES string of the molecule is CN(C)c1nc(-c2ccncc2)nc(-c2ccc(Cl)cc2)c1C#N. The Bertz CT molecular complexity index is 899. The summed E-state index contributed by atoms with van der Waals surface area (Å²) in [5.74, 6) is 1.12. The Morgan fingerprint density at radius 2 is 1.62 bits per heavy atom. The van der Waals surface area contributed by atoms with Crippen molar-refractivity contribution in [3.63, 3.8) is 0 Å². The Labute approximate surface area is 145 Å². The first-order valence-electron chi connectivity index (χ1n) is 7.26. The van der Waals surface area contributed by atoms with Crippen molar-refractivity contribution in [2.24, 2.45) is 0 Å². The molecule has 0 aliphatic carbocycles. The van der Waals surface area contributed by atoms with E-state index in [-0.39, 0.29) is 0 Å². The minimum atomic E-state index is 0.431. The van der Waals surface area contributed by atoms with Crippen molar-refractivity contribution in [3.8, 4) is 28.7 Å². The fourth-order valence-electron chi connectivity index (χ4n) is 2.32. The zero-order valence-corrected chi connectivity index (χ0v) is 14.0. The van der Waals surface area contributed by atoms with Gasteiger partial charge in [-0.15, -0.1) is 0 Å². The number of hydrogen-bond acceptors (Lipinski definition) is 5. The first-order valence-corrected chi connectivity index (χ1v) is 7.63. The van der Waals surface area contributed by atoms with Gasteiger partial charge in [-0.25, -0.2) is 9.97 Å². The van der Waals surface area contributed by atoms with E-state index >= 15 is 0 Å². The maximum absolute atomic E-state index is 9.63. The molecule has 0 saturated carbocycles. The van der Waals surface area contributed by atoms with Crippen molar-refractivity contribution >= 4 is 17.4 Å². The second kappa shape index (κ2) is 6.65. The van der Waals surface area contributed by atoms with Crippen molar-refractivity contribution in [3.05, 3.63) is 59.4 Å². The highest BCUT2D eigenvalue weighted by Crippen LogP contribution is 2.30. The first kappa shape index (κ1) is 15.9. The van der Waals surface area contributed by atoms with Gasteiger partial charge in [0, 0.05) is 42.6 Å². The van der Waals surface area contributed by atoms with E-state index in [2.05, 4.69) is 21.0 Å². The Hall–Kier alpha value is -2.97. The van der Waals surface area contributed by atoms with Gasteiger partial charge in [0.25, 0.3) is 0 Å². The summed E-state index contributed by atoms with van der Waals surface area (Å²) in [6, 6.07) is 13.2. The average molecular weight is 336 g/mol. The molecule has 0 fully saturated rings. The van der Waals surface area contributed by atoms with Gasteiger partial charge >= 0.3 is 0 Å². The predicted octanol–water partition coefficient (Wildman–Crippen LogP) is 3.80. The smallest absolute Gasteiger partial charge is 0.162 e. The number of anilines is 1. The van der Waals surface area contributed by atoms with E-state index in [4.69, 9.17) is 11.6 Å². The Kier molecular flexibility index (Phi) is 4.41. The summed E-state index contributed by atoms with van der Waals surface area (Å²) >= 11 is 5.97. The second-order valence-corrected chi connectivity index (χ2v) is 5.78. The molecule has 0 N–H and O–H groups in total. The largest absolute Gasteiger partial charge is 0.362 e. The van der Waals surface area contributed by atoms with Gasteiger partial charge in [-0.2, -0.15) is 5.26 Å². The molecule has 0 saturated heterocycles. The molecule has 0 unspecified atom stereocenters. The summed E-state index contributed by atoms with van der Waals surface area (Å²) in [7, 11) is 3.70. The predicted molar refractivity (Wildman–Crippen MR) is 94.8 cm³/mol. The van der Waals surface area contributed by atoms with Gasteiger partial charge in [0.05, 0.1) is 5.69 Å². The first-order chi connectivity index (χ1) is 11.6. The van der Waals surface area contributed by atoms with E-state index in [1.807, 2.05) is 43.3 Å². The molecular weight excluding hydrogens is 322 g/mol. The number of nitrogens with zero attached hydrogens (tertiary/aromatic N) is 5. The molecule has 0 atom stereocenters. The van der Waals surface area contributed by atoms with Crippen LogP contribution in [-0.2, 0) is 0 Å². The van der Waals surface area contributed by atoms with Gasteiger partial charge in [-0.05, 0) is 24.3 Å². The van der Waals surface area contributed by atoms with Crippen LogP contribution >= 0.6 is 11.6 Å². The van der Waals surface area contributed by atoms with Gasteiger partial charge in [0.15, 0.2) is 11.6 Å². The Balaban J connectivity index is 2.28. The van der Waals surface area contributed by atoms with E-state index in [0.717, 1.165) is 11.1 Å². The maximum Gasteiger partial charge on any atom is 0.162 e. The van der Waals surface area contributed by atoms with Crippen LogP contribution in [0, 0.1) is 11.3 Å². The molecule has 2 aromatic heterocycles. The molecule has 5 nitrogen and oxygen atoms in total. The highest BCUT2D eigenvalue weighted by Gasteiger charge is 2.18. The molecule has 0 aliphatic heterocycles. The summed E-state index contributed by atoms with van der Waals surface area (Å²) in [5.41, 5.74) is 2.67. The van der Waals surface area contributed by atoms with Crippen molar-refractivity contribution in [1.82, 2.24) is 15.0 Å². The number of aromatic nitrogens is 3. The van der Waals surface area contributed by atoms with Crippen molar-refractivity contribution in [2.45, 2.75) is 0 Å². The lowest BCUT2D eigenvalue weighted by molar-refractivity contribution is 1.03. The lowest BCUT2D eigenvalue weighted by Gasteiger charge is -2.17. The molecule has 3 aromatic rings. The topological polar surface area (TPSA) is 65.7 Å². The lowest BCUT2D eigenvalue weighted by atomic mass is 10.1. The molecule has 0 spiro atoms. The number of halogens is 1. The zero-order chi connectivity index (χ0) is 17.1. The third kappa shape index (κ3) is 3.05. The summed E-state index contributed by atoms with van der Waals surface area (Å²) in [6.45, 7) is 0. The fourth-order valence-corrected chi connectivity index (χ4v) is 2.45. The van der Waals surface area contributed by atoms with Crippen LogP contribution in [0.4, 0.5) is 5.82 Å². The molecule has 1 aromatic carbocycles. The monoisotopic (exact) mass is 335 g/mol. The third-order valence-corrected chi connectivity index (χ3v) is 3.73. The van der Waals surface area contributed by atoms with Gasteiger partial charge in [-0.3, -0.25) is 4.98 Å². The maximum atomic E-state index is 9.63. The van der Waals surface area contributed by atoms with E-state index < -0.39 is 0 Å². The minimum absolute atomic E-state index is 0.431. The average Bonchev–Trinajstić information content (AvgIpc) is 2.62. The quantitative estimate of drug-likeness (QED) is 0.728. The van der Waals surface area contributed by atoms with Gasteiger partial charge < -0.3 is 4.90 Å². The van der Waals surface area contributed by atoms with Crippen LogP contribution in [0.2, 0.25) is 5.02 Å². The molecule has 0 aliphatic rings. The van der Waals surface area contributed by atoms with Gasteiger partial charge in [0.2, 0.25) is 0 Å². The summed E-state index contributed by atoms with van der Waals surface area (Å²) in [4.78, 5) is 15.0. The number of pyridine rings is 1. The van der Waals surface area contributed by atoms with E-state index in [1.165, 1.54) is 0 Å². The molecule has 2 heterocycles. The summed E-state index contributed by atoms with van der Waals surface area (Å²) in [6.07, 6.45) is 3.38. The van der Waals surface area contributed by atoms with Gasteiger partial charge in [0.1, 0.15) is 11.6 Å². The summed E-state index contributed by atoms with van der Waals surface area (Å²) in [5, 5.41) is 10.3. The number of hydrogen-bond donors (Lipinski definition) is 0. The van der Waals surface area contributed by atoms with Crippen LogP contribution < -0.4 is 4.90 Å². The molecular formula is C18H14ClN5. The summed E-state index contributed by atoms with van der Waals surface area (Å²) < 4.78 is 0. The molecule has 118 valence electrons. The molecule has 0 radical (unpaired) electrons. The van der Waals surface area contributed by atoms with Gasteiger partial charge in [-0.1, -0.05) is 23.7 Å². The number of rotatable bonds is 3. The van der Waals surface area contributed by atoms with Crippen LogP contribution in [0.5, 0.6) is 0 Å². The van der Waals surface area contributed by atoms with Crippen molar-refractivity contribution < 1.29 is 0 Å². The lowest BCUT2D eigenvalue weighted by Crippen LogP contribution is -2.14. The normalized spacial score (nSPS) is 10.2. The number of nitriles is 1. The molecule has 24 heavy (non-hydrogen) atoms. The molecule has 0 bridgehead atoms. The van der Waals surface area contributed by atoms with Crippen LogP contribution in [0.15, 0.2) is 48.8 Å². The molecule has 0 amide bonds. The molecule has 3 rings (SSSR count). The zero-order valence-electron chi connectivity index (χ0n) is 13.2. The van der Waals surface area contributed by atoms with Crippen molar-refractivity contribution in [2.75, 3.05) is 19.0 Å².